The van der Waals surface area contributed by atoms with Crippen molar-refractivity contribution in [3.63, 3.8) is 0 Å². The number of aliphatic hydroxyl groups is 1. The van der Waals surface area contributed by atoms with Crippen LogP contribution in [0.2, 0.25) is 0 Å². The van der Waals surface area contributed by atoms with Crippen molar-refractivity contribution in [2.45, 2.75) is 26.0 Å². The van der Waals surface area contributed by atoms with Crippen molar-refractivity contribution in [1.82, 2.24) is 19.8 Å². The number of amides is 2. The van der Waals surface area contributed by atoms with E-state index in [0.29, 0.717) is 23.2 Å². The first-order chi connectivity index (χ1) is 17.3. The average Bonchev–Trinajstić information content (AvgIpc) is 2.90. The predicted octanol–water partition coefficient (Wildman–Crippen LogP) is 3.28. The molecule has 36 heavy (non-hydrogen) atoms. The Morgan fingerprint density at radius 2 is 1.92 bits per heavy atom. The van der Waals surface area contributed by atoms with Crippen LogP contribution in [0.5, 0.6) is 5.88 Å². The summed E-state index contributed by atoms with van der Waals surface area (Å²) in [4.78, 5) is 38.1. The van der Waals surface area contributed by atoms with E-state index in [1.165, 1.54) is 12.1 Å². The van der Waals surface area contributed by atoms with Crippen molar-refractivity contribution < 1.29 is 23.8 Å². The minimum Gasteiger partial charge on any atom is -0.472 e. The summed E-state index contributed by atoms with van der Waals surface area (Å²) in [5, 5.41) is 9.84. The Morgan fingerprint density at radius 1 is 1.22 bits per heavy atom. The third kappa shape index (κ3) is 5.36. The van der Waals surface area contributed by atoms with E-state index in [1.807, 2.05) is 6.92 Å². The van der Waals surface area contributed by atoms with Crippen LogP contribution >= 0.6 is 0 Å². The molecule has 0 spiro atoms. The van der Waals surface area contributed by atoms with Gasteiger partial charge in [-0.1, -0.05) is 19.1 Å². The number of aliphatic hydroxyl groups excluding tert-OH is 1. The van der Waals surface area contributed by atoms with E-state index >= 15 is 0 Å². The first-order valence-electron chi connectivity index (χ1n) is 11.8. The molecule has 0 unspecified atom stereocenters. The average molecular weight is 493 g/mol. The lowest BCUT2D eigenvalue weighted by molar-refractivity contribution is 0.0313. The standard InChI is InChI=1S/C27H29FN4O4/c1-17-14-32(18(2)16-33)27(35)23-12-21(19-4-6-22(28)7-5-19)13-30-25(23)36-24(17)15-31(3)26(34)20-8-10-29-11-9-20/h4-13,17-18,24,33H,14-16H2,1-3H3/t17-,18+,24-/m1/s1. The third-order valence-corrected chi connectivity index (χ3v) is 6.43. The van der Waals surface area contributed by atoms with Crippen LogP contribution in [-0.4, -0.2) is 75.6 Å². The van der Waals surface area contributed by atoms with Crippen LogP contribution in [0.3, 0.4) is 0 Å². The van der Waals surface area contributed by atoms with Crippen molar-refractivity contribution in [3.8, 4) is 17.0 Å². The number of carbonyl (C=O) groups is 2. The lowest BCUT2D eigenvalue weighted by Crippen LogP contribution is -2.50. The molecule has 0 aliphatic carbocycles. The van der Waals surface area contributed by atoms with E-state index in [9.17, 15) is 19.1 Å². The number of likely N-dealkylation sites (N-methyl/N-ethyl adjacent to an activating group) is 1. The van der Waals surface area contributed by atoms with E-state index in [2.05, 4.69) is 9.97 Å². The first-order valence-corrected chi connectivity index (χ1v) is 11.8. The Kier molecular flexibility index (Phi) is 7.59. The minimum atomic E-state index is -0.467. The lowest BCUT2D eigenvalue weighted by atomic mass is 9.99. The van der Waals surface area contributed by atoms with Crippen molar-refractivity contribution in [3.05, 3.63) is 78.0 Å². The molecule has 3 atom stereocenters. The van der Waals surface area contributed by atoms with Gasteiger partial charge in [0.1, 0.15) is 17.5 Å². The molecule has 2 amide bonds. The molecule has 0 fully saturated rings. The number of pyridine rings is 2. The summed E-state index contributed by atoms with van der Waals surface area (Å²) >= 11 is 0. The molecule has 0 saturated carbocycles. The van der Waals surface area contributed by atoms with Gasteiger partial charge in [-0.15, -0.1) is 0 Å². The number of fused-ring (bicyclic) bond motifs is 1. The Morgan fingerprint density at radius 3 is 2.58 bits per heavy atom. The molecular weight excluding hydrogens is 463 g/mol. The monoisotopic (exact) mass is 492 g/mol. The predicted molar refractivity (Wildman–Crippen MR) is 132 cm³/mol. The van der Waals surface area contributed by atoms with Crippen LogP contribution in [0, 0.1) is 11.7 Å². The van der Waals surface area contributed by atoms with Crippen molar-refractivity contribution in [2.75, 3.05) is 26.7 Å². The molecule has 2 aromatic heterocycles. The maximum absolute atomic E-state index is 13.6. The number of halogens is 1. The minimum absolute atomic E-state index is 0.155. The number of benzene rings is 1. The highest BCUT2D eigenvalue weighted by Crippen LogP contribution is 2.30. The van der Waals surface area contributed by atoms with Gasteiger partial charge in [0.2, 0.25) is 5.88 Å². The van der Waals surface area contributed by atoms with Crippen LogP contribution in [0.25, 0.3) is 11.1 Å². The van der Waals surface area contributed by atoms with Crippen molar-refractivity contribution >= 4 is 11.8 Å². The highest BCUT2D eigenvalue weighted by atomic mass is 19.1. The maximum atomic E-state index is 13.6. The summed E-state index contributed by atoms with van der Waals surface area (Å²) in [5.74, 6) is -0.853. The Balaban J connectivity index is 1.68. The summed E-state index contributed by atoms with van der Waals surface area (Å²) in [6.45, 7) is 4.10. The van der Waals surface area contributed by atoms with Gasteiger partial charge in [-0.3, -0.25) is 14.6 Å². The van der Waals surface area contributed by atoms with Crippen molar-refractivity contribution in [2.24, 2.45) is 5.92 Å². The van der Waals surface area contributed by atoms with Crippen LogP contribution in [-0.2, 0) is 0 Å². The summed E-state index contributed by atoms with van der Waals surface area (Å²) in [7, 11) is 1.70. The van der Waals surface area contributed by atoms with E-state index < -0.39 is 12.1 Å². The number of hydrogen-bond acceptors (Lipinski definition) is 6. The van der Waals surface area contributed by atoms with Gasteiger partial charge in [0.15, 0.2) is 0 Å². The molecular formula is C27H29FN4O4. The number of carbonyl (C=O) groups excluding carboxylic acids is 2. The lowest BCUT2D eigenvalue weighted by Gasteiger charge is -2.37. The second-order valence-electron chi connectivity index (χ2n) is 9.13. The maximum Gasteiger partial charge on any atom is 0.259 e. The highest BCUT2D eigenvalue weighted by Gasteiger charge is 2.35. The fourth-order valence-electron chi connectivity index (χ4n) is 4.19. The molecule has 188 valence electrons. The summed E-state index contributed by atoms with van der Waals surface area (Å²) in [6, 6.07) is 10.5. The Labute approximate surface area is 209 Å². The zero-order valence-electron chi connectivity index (χ0n) is 20.5. The second kappa shape index (κ2) is 10.8. The molecule has 1 aromatic carbocycles. The number of ether oxygens (including phenoxy) is 1. The van der Waals surface area contributed by atoms with Gasteiger partial charge in [-0.05, 0) is 42.8 Å². The van der Waals surface area contributed by atoms with E-state index in [0.717, 1.165) is 0 Å². The number of hydrogen-bond donors (Lipinski definition) is 1. The number of rotatable bonds is 6. The molecule has 0 saturated heterocycles. The molecule has 3 aromatic rings. The van der Waals surface area contributed by atoms with Crippen LogP contribution < -0.4 is 4.74 Å². The molecule has 1 N–H and O–H groups in total. The molecule has 8 nitrogen and oxygen atoms in total. The zero-order chi connectivity index (χ0) is 25.8. The van der Waals surface area contributed by atoms with Crippen LogP contribution in [0.4, 0.5) is 4.39 Å². The summed E-state index contributed by atoms with van der Waals surface area (Å²) in [6.07, 6.45) is 4.24. The number of nitrogens with zero attached hydrogens (tertiary/aromatic N) is 4. The quantitative estimate of drug-likeness (QED) is 0.568. The van der Waals surface area contributed by atoms with Gasteiger partial charge < -0.3 is 19.6 Å². The fraction of sp³-hybridized carbons (Fsp3) is 0.333. The largest absolute Gasteiger partial charge is 0.472 e. The van der Waals surface area contributed by atoms with Gasteiger partial charge in [-0.25, -0.2) is 9.37 Å². The number of aromatic nitrogens is 2. The second-order valence-corrected chi connectivity index (χ2v) is 9.13. The van der Waals surface area contributed by atoms with Crippen LogP contribution in [0.1, 0.15) is 34.6 Å². The first kappa shape index (κ1) is 25.2. The molecule has 1 aliphatic rings. The van der Waals surface area contributed by atoms with Crippen molar-refractivity contribution in [1.29, 1.82) is 0 Å². The highest BCUT2D eigenvalue weighted by molar-refractivity contribution is 5.98. The Hall–Kier alpha value is -3.85. The van der Waals surface area contributed by atoms with Crippen LogP contribution in [0.15, 0.2) is 61.1 Å². The molecule has 0 radical (unpaired) electrons. The van der Waals surface area contributed by atoms with Gasteiger partial charge in [0.05, 0.1) is 19.2 Å². The van der Waals surface area contributed by atoms with Gasteiger partial charge >= 0.3 is 0 Å². The fourth-order valence-corrected chi connectivity index (χ4v) is 4.19. The zero-order valence-corrected chi connectivity index (χ0v) is 20.5. The molecule has 0 bridgehead atoms. The van der Waals surface area contributed by atoms with Gasteiger partial charge in [0.25, 0.3) is 11.8 Å². The topological polar surface area (TPSA) is 95.9 Å². The van der Waals surface area contributed by atoms with Gasteiger partial charge in [-0.2, -0.15) is 0 Å². The molecule has 4 rings (SSSR count). The summed E-state index contributed by atoms with van der Waals surface area (Å²) in [5.41, 5.74) is 2.10. The van der Waals surface area contributed by atoms with E-state index in [1.54, 1.807) is 72.7 Å². The van der Waals surface area contributed by atoms with E-state index in [-0.39, 0.29) is 48.1 Å². The van der Waals surface area contributed by atoms with Gasteiger partial charge in [0, 0.05) is 49.2 Å². The normalized spacial score (nSPS) is 18.5. The molecule has 3 heterocycles. The van der Waals surface area contributed by atoms with E-state index in [4.69, 9.17) is 4.74 Å². The smallest absolute Gasteiger partial charge is 0.259 e. The summed E-state index contributed by atoms with van der Waals surface area (Å²) < 4.78 is 19.7. The molecule has 1 aliphatic heterocycles. The SMILES string of the molecule is C[C@@H]1CN([C@@H](C)CO)C(=O)c2cc(-c3ccc(F)cc3)cnc2O[C@@H]1CN(C)C(=O)c1ccncc1. The Bertz CT molecular complexity index is 1220. The molecule has 9 heteroatoms. The third-order valence-electron chi connectivity index (χ3n) is 6.43.